The van der Waals surface area contributed by atoms with Crippen molar-refractivity contribution >= 4 is 11.4 Å². The van der Waals surface area contributed by atoms with Crippen LogP contribution in [0, 0.1) is 0 Å². The lowest BCUT2D eigenvalue weighted by Gasteiger charge is -2.00. The molecule has 0 amide bonds. The summed E-state index contributed by atoms with van der Waals surface area (Å²) >= 11 is 0. The summed E-state index contributed by atoms with van der Waals surface area (Å²) in [6, 6.07) is 10.3. The molecule has 0 saturated carbocycles. The molecule has 1 heterocycles. The Labute approximate surface area is 90.9 Å². The van der Waals surface area contributed by atoms with Gasteiger partial charge in [-0.15, -0.1) is 0 Å². The maximum atomic E-state index is 3.33. The van der Waals surface area contributed by atoms with Crippen molar-refractivity contribution in [2.24, 2.45) is 0 Å². The van der Waals surface area contributed by atoms with Crippen LogP contribution in [0.15, 0.2) is 42.1 Å². The van der Waals surface area contributed by atoms with Crippen LogP contribution in [-0.2, 0) is 0 Å². The second kappa shape index (κ2) is 4.30. The van der Waals surface area contributed by atoms with Crippen LogP contribution in [0.4, 0.5) is 5.69 Å². The standard InChI is InChI=1S/C13H16N2/c1-11-12(8-9-15(11)2)10-14-13-6-4-3-5-7-13/h3-7,10H,8-9H2,1-2H3/p+1. The Morgan fingerprint density at radius 3 is 2.60 bits per heavy atom. The summed E-state index contributed by atoms with van der Waals surface area (Å²) in [7, 11) is 2.14. The molecule has 0 spiro atoms. The summed E-state index contributed by atoms with van der Waals surface area (Å²) in [4.78, 5) is 0. The van der Waals surface area contributed by atoms with Gasteiger partial charge in [-0.2, -0.15) is 0 Å². The van der Waals surface area contributed by atoms with Crippen molar-refractivity contribution < 1.29 is 4.58 Å². The molecular formula is C13H17N2+. The lowest BCUT2D eigenvalue weighted by molar-refractivity contribution is -0.489. The van der Waals surface area contributed by atoms with Gasteiger partial charge < -0.3 is 5.32 Å². The normalized spacial score (nSPS) is 18.7. The summed E-state index contributed by atoms with van der Waals surface area (Å²) in [5, 5.41) is 3.33. The van der Waals surface area contributed by atoms with Crippen LogP contribution in [-0.4, -0.2) is 23.9 Å². The summed E-state index contributed by atoms with van der Waals surface area (Å²) < 4.78 is 2.29. The third-order valence-electron chi connectivity index (χ3n) is 2.94. The van der Waals surface area contributed by atoms with E-state index >= 15 is 0 Å². The van der Waals surface area contributed by atoms with Crippen LogP contribution >= 0.6 is 0 Å². The van der Waals surface area contributed by atoms with Gasteiger partial charge in [0.25, 0.3) is 0 Å². The van der Waals surface area contributed by atoms with Crippen molar-refractivity contribution in [3.05, 3.63) is 42.1 Å². The molecule has 0 fully saturated rings. The molecule has 2 nitrogen and oxygen atoms in total. The van der Waals surface area contributed by atoms with E-state index in [1.807, 2.05) is 18.2 Å². The van der Waals surface area contributed by atoms with Gasteiger partial charge in [0.2, 0.25) is 0 Å². The molecule has 2 rings (SSSR count). The highest BCUT2D eigenvalue weighted by atomic mass is 15.0. The molecular weight excluding hydrogens is 184 g/mol. The zero-order valence-electron chi connectivity index (χ0n) is 9.33. The Bertz CT molecular complexity index is 402. The molecule has 1 aliphatic heterocycles. The second-order valence-corrected chi connectivity index (χ2v) is 3.94. The highest BCUT2D eigenvalue weighted by molar-refractivity contribution is 5.95. The SMILES string of the molecule is CC1=[N+](C)CCC1=CNc1ccccc1. The van der Waals surface area contributed by atoms with Gasteiger partial charge in [0, 0.05) is 30.8 Å². The lowest BCUT2D eigenvalue weighted by Crippen LogP contribution is -2.06. The van der Waals surface area contributed by atoms with E-state index in [9.17, 15) is 0 Å². The van der Waals surface area contributed by atoms with Crippen molar-refractivity contribution in [1.82, 2.24) is 0 Å². The highest BCUT2D eigenvalue weighted by Crippen LogP contribution is 2.13. The summed E-state index contributed by atoms with van der Waals surface area (Å²) in [5.74, 6) is 0. The van der Waals surface area contributed by atoms with Crippen molar-refractivity contribution in [2.75, 3.05) is 18.9 Å². The number of rotatable bonds is 2. The Balaban J connectivity index is 2.08. The number of anilines is 1. The maximum absolute atomic E-state index is 3.33. The average Bonchev–Trinajstić information content (AvgIpc) is 2.59. The van der Waals surface area contributed by atoms with Gasteiger partial charge in [0.1, 0.15) is 13.6 Å². The zero-order valence-corrected chi connectivity index (χ0v) is 9.33. The van der Waals surface area contributed by atoms with Gasteiger partial charge in [0.15, 0.2) is 5.71 Å². The third kappa shape index (κ3) is 2.27. The van der Waals surface area contributed by atoms with E-state index in [1.54, 1.807) is 0 Å². The number of hydrogen-bond acceptors (Lipinski definition) is 1. The minimum atomic E-state index is 1.13. The van der Waals surface area contributed by atoms with Crippen molar-refractivity contribution in [2.45, 2.75) is 13.3 Å². The fraction of sp³-hybridized carbons (Fsp3) is 0.308. The fourth-order valence-corrected chi connectivity index (χ4v) is 1.76. The summed E-state index contributed by atoms with van der Waals surface area (Å²) in [5.41, 5.74) is 3.92. The van der Waals surface area contributed by atoms with Crippen LogP contribution in [0.3, 0.4) is 0 Å². The van der Waals surface area contributed by atoms with Crippen LogP contribution in [0.1, 0.15) is 13.3 Å². The third-order valence-corrected chi connectivity index (χ3v) is 2.94. The molecule has 0 aromatic heterocycles. The van der Waals surface area contributed by atoms with Crippen LogP contribution in [0.25, 0.3) is 0 Å². The average molecular weight is 201 g/mol. The molecule has 1 aliphatic rings. The number of benzene rings is 1. The molecule has 15 heavy (non-hydrogen) atoms. The first-order valence-electron chi connectivity index (χ1n) is 5.33. The Kier molecular flexibility index (Phi) is 2.86. The lowest BCUT2D eigenvalue weighted by atomic mass is 10.2. The van der Waals surface area contributed by atoms with E-state index in [0.717, 1.165) is 18.7 Å². The molecule has 0 atom stereocenters. The number of para-hydroxylation sites is 1. The smallest absolute Gasteiger partial charge is 0.177 e. The van der Waals surface area contributed by atoms with Gasteiger partial charge in [-0.1, -0.05) is 18.2 Å². The molecule has 0 saturated heterocycles. The quantitative estimate of drug-likeness (QED) is 0.726. The summed E-state index contributed by atoms with van der Waals surface area (Å²) in [6.07, 6.45) is 3.26. The largest absolute Gasteiger partial charge is 0.361 e. The first kappa shape index (κ1) is 9.97. The molecule has 2 heteroatoms. The molecule has 0 bridgehead atoms. The molecule has 1 aromatic rings. The Morgan fingerprint density at radius 2 is 2.00 bits per heavy atom. The van der Waals surface area contributed by atoms with Crippen LogP contribution in [0.5, 0.6) is 0 Å². The highest BCUT2D eigenvalue weighted by Gasteiger charge is 2.19. The van der Waals surface area contributed by atoms with Gasteiger partial charge in [0.05, 0.1) is 0 Å². The maximum Gasteiger partial charge on any atom is 0.177 e. The molecule has 1 aromatic carbocycles. The van der Waals surface area contributed by atoms with Crippen LogP contribution in [0.2, 0.25) is 0 Å². The molecule has 0 aliphatic carbocycles. The van der Waals surface area contributed by atoms with Gasteiger partial charge in [-0.05, 0) is 12.1 Å². The van der Waals surface area contributed by atoms with Crippen molar-refractivity contribution in [3.63, 3.8) is 0 Å². The van der Waals surface area contributed by atoms with Gasteiger partial charge in [-0.25, -0.2) is 4.58 Å². The predicted octanol–water partition coefficient (Wildman–Crippen LogP) is 2.49. The topological polar surface area (TPSA) is 15.0 Å². The first-order chi connectivity index (χ1) is 7.27. The molecule has 1 N–H and O–H groups in total. The minimum Gasteiger partial charge on any atom is -0.361 e. The van der Waals surface area contributed by atoms with Gasteiger partial charge in [-0.3, -0.25) is 0 Å². The summed E-state index contributed by atoms with van der Waals surface area (Å²) in [6.45, 7) is 3.31. The molecule has 0 radical (unpaired) electrons. The minimum absolute atomic E-state index is 1.13. The second-order valence-electron chi connectivity index (χ2n) is 3.94. The van der Waals surface area contributed by atoms with Gasteiger partial charge >= 0.3 is 0 Å². The van der Waals surface area contributed by atoms with Crippen molar-refractivity contribution in [3.8, 4) is 0 Å². The number of nitrogens with one attached hydrogen (secondary N) is 1. The van der Waals surface area contributed by atoms with E-state index in [0.29, 0.717) is 0 Å². The Hall–Kier alpha value is -1.57. The predicted molar refractivity (Wildman–Crippen MR) is 64.5 cm³/mol. The van der Waals surface area contributed by atoms with E-state index in [4.69, 9.17) is 0 Å². The number of hydrogen-bond donors (Lipinski definition) is 1. The van der Waals surface area contributed by atoms with E-state index in [1.165, 1.54) is 11.3 Å². The van der Waals surface area contributed by atoms with Crippen LogP contribution < -0.4 is 5.32 Å². The Morgan fingerprint density at radius 1 is 1.27 bits per heavy atom. The zero-order chi connectivity index (χ0) is 10.7. The van der Waals surface area contributed by atoms with E-state index < -0.39 is 0 Å². The molecule has 78 valence electrons. The fourth-order valence-electron chi connectivity index (χ4n) is 1.76. The van der Waals surface area contributed by atoms with Crippen molar-refractivity contribution in [1.29, 1.82) is 0 Å². The van der Waals surface area contributed by atoms with E-state index in [-0.39, 0.29) is 0 Å². The first-order valence-corrected chi connectivity index (χ1v) is 5.33. The number of nitrogens with zero attached hydrogens (tertiary/aromatic N) is 1. The molecule has 0 unspecified atom stereocenters. The monoisotopic (exact) mass is 201 g/mol. The van der Waals surface area contributed by atoms with E-state index in [2.05, 4.69) is 42.2 Å².